The first-order chi connectivity index (χ1) is 17.4. The smallest absolute Gasteiger partial charge is 0.246 e. The van der Waals surface area contributed by atoms with Crippen LogP contribution in [0.15, 0.2) is 11.6 Å². The van der Waals surface area contributed by atoms with Crippen molar-refractivity contribution in [3.8, 4) is 0 Å². The van der Waals surface area contributed by atoms with E-state index in [-0.39, 0.29) is 54.3 Å². The Kier molecular flexibility index (Phi) is 15.0. The van der Waals surface area contributed by atoms with E-state index in [0.29, 0.717) is 12.1 Å². The molecular formula is C29H54N4O4. The lowest BCUT2D eigenvalue weighted by Gasteiger charge is -2.39. The minimum atomic E-state index is -0.629. The highest BCUT2D eigenvalue weighted by Gasteiger charge is 2.36. The fourth-order valence-corrected chi connectivity index (χ4v) is 5.00. The van der Waals surface area contributed by atoms with Crippen LogP contribution in [0.3, 0.4) is 0 Å². The van der Waals surface area contributed by atoms with Crippen LogP contribution in [-0.4, -0.2) is 83.5 Å². The highest BCUT2D eigenvalue weighted by atomic mass is 16.3. The molecule has 8 heteroatoms. The maximum atomic E-state index is 13.7. The molecular weight excluding hydrogens is 468 g/mol. The lowest BCUT2D eigenvalue weighted by Crippen LogP contribution is -2.58. The maximum absolute atomic E-state index is 13.7. The Labute approximate surface area is 225 Å². The Morgan fingerprint density at radius 3 is 2.22 bits per heavy atom. The average molecular weight is 523 g/mol. The fourth-order valence-electron chi connectivity index (χ4n) is 5.00. The predicted molar refractivity (Wildman–Crippen MR) is 150 cm³/mol. The molecule has 0 aromatic heterocycles. The van der Waals surface area contributed by atoms with Crippen molar-refractivity contribution in [2.75, 3.05) is 26.7 Å². The number of hydrogen-bond donors (Lipinski definition) is 3. The fraction of sp³-hybridized carbons (Fsp3) is 0.828. The molecule has 1 heterocycles. The van der Waals surface area contributed by atoms with Crippen LogP contribution in [0.25, 0.3) is 0 Å². The largest absolute Gasteiger partial charge is 0.396 e. The molecule has 37 heavy (non-hydrogen) atoms. The van der Waals surface area contributed by atoms with Gasteiger partial charge in [0.25, 0.3) is 0 Å². The van der Waals surface area contributed by atoms with Crippen LogP contribution in [0.5, 0.6) is 0 Å². The number of hydrogen-bond acceptors (Lipinski definition) is 5. The van der Waals surface area contributed by atoms with Gasteiger partial charge in [0.1, 0.15) is 6.04 Å². The number of likely N-dealkylation sites (tertiary alicyclic amines) is 1. The predicted octanol–water partition coefficient (Wildman–Crippen LogP) is 3.49. The number of carbonyl (C=O) groups excluding carboxylic acids is 3. The Balaban J connectivity index is 2.90. The average Bonchev–Trinajstić information content (AvgIpc) is 2.86. The molecule has 1 rings (SSSR count). The molecule has 1 aliphatic rings. The van der Waals surface area contributed by atoms with Gasteiger partial charge in [0.15, 0.2) is 0 Å². The second-order valence-electron chi connectivity index (χ2n) is 11.5. The lowest BCUT2D eigenvalue weighted by molar-refractivity contribution is -0.140. The van der Waals surface area contributed by atoms with Gasteiger partial charge in [0.2, 0.25) is 17.7 Å². The number of aliphatic hydroxyl groups excluding tert-OH is 1. The normalized spacial score (nSPS) is 18.7. The zero-order valence-corrected chi connectivity index (χ0v) is 24.7. The molecule has 3 atom stereocenters. The van der Waals surface area contributed by atoms with Crippen molar-refractivity contribution in [3.05, 3.63) is 11.6 Å². The van der Waals surface area contributed by atoms with Crippen molar-refractivity contribution in [3.63, 3.8) is 0 Å². The van der Waals surface area contributed by atoms with Crippen molar-refractivity contribution in [2.24, 2.45) is 11.8 Å². The number of nitrogens with one attached hydrogen (secondary N) is 2. The van der Waals surface area contributed by atoms with Gasteiger partial charge in [-0.25, -0.2) is 0 Å². The Bertz CT molecular complexity index is 750. The summed E-state index contributed by atoms with van der Waals surface area (Å²) in [5.41, 5.74) is 0.577. The van der Waals surface area contributed by atoms with E-state index in [1.54, 1.807) is 18.9 Å². The molecule has 0 saturated carbocycles. The van der Waals surface area contributed by atoms with Crippen LogP contribution in [0.1, 0.15) is 93.4 Å². The van der Waals surface area contributed by atoms with Gasteiger partial charge in [-0.15, -0.1) is 0 Å². The topological polar surface area (TPSA) is 102 Å². The number of nitrogens with zero attached hydrogens (tertiary/aromatic N) is 2. The summed E-state index contributed by atoms with van der Waals surface area (Å²) in [6, 6.07) is -0.834. The third-order valence-electron chi connectivity index (χ3n) is 7.37. The molecule has 3 amide bonds. The summed E-state index contributed by atoms with van der Waals surface area (Å²) in [6.07, 6.45) is 8.37. The van der Waals surface area contributed by atoms with Gasteiger partial charge in [-0.05, 0) is 64.8 Å². The monoisotopic (exact) mass is 522 g/mol. The Morgan fingerprint density at radius 2 is 1.65 bits per heavy atom. The Hall–Kier alpha value is -1.93. The molecule has 0 aromatic carbocycles. The van der Waals surface area contributed by atoms with Crippen LogP contribution < -0.4 is 10.6 Å². The van der Waals surface area contributed by atoms with Crippen molar-refractivity contribution in [1.82, 2.24) is 20.4 Å². The van der Waals surface area contributed by atoms with Gasteiger partial charge in [-0.2, -0.15) is 0 Å². The minimum Gasteiger partial charge on any atom is -0.396 e. The molecule has 0 radical (unpaired) electrons. The number of aliphatic hydroxyl groups is 1. The summed E-state index contributed by atoms with van der Waals surface area (Å²) in [4.78, 5) is 43.5. The standard InChI is InChI=1S/C29H54N4O4/c1-20(2)25(19-23(7)27(35)30-16-12-9-10-14-18-34)32(8)29(37)26(21(3)4)31-28(36)24-15-11-13-17-33(24)22(5)6/h19-22,24-26,34H,9-18H2,1-8H3,(H,30,35)(H,31,36)/b23-19+/t24?,25-,26+/m1/s1. The third kappa shape index (κ3) is 10.8. The zero-order chi connectivity index (χ0) is 28.1. The van der Waals surface area contributed by atoms with Gasteiger partial charge < -0.3 is 20.6 Å². The van der Waals surface area contributed by atoms with Crippen molar-refractivity contribution in [2.45, 2.75) is 118 Å². The summed E-state index contributed by atoms with van der Waals surface area (Å²) in [6.45, 7) is 15.7. The van der Waals surface area contributed by atoms with Gasteiger partial charge in [-0.3, -0.25) is 19.3 Å². The lowest BCUT2D eigenvalue weighted by atomic mass is 9.95. The van der Waals surface area contributed by atoms with Gasteiger partial charge in [0, 0.05) is 31.8 Å². The second-order valence-corrected chi connectivity index (χ2v) is 11.5. The summed E-state index contributed by atoms with van der Waals surface area (Å²) in [7, 11) is 1.76. The van der Waals surface area contributed by atoms with E-state index in [1.165, 1.54) is 0 Å². The van der Waals surface area contributed by atoms with Gasteiger partial charge >= 0.3 is 0 Å². The van der Waals surface area contributed by atoms with Crippen molar-refractivity contribution in [1.29, 1.82) is 0 Å². The van der Waals surface area contributed by atoms with Crippen LogP contribution in [-0.2, 0) is 14.4 Å². The number of carbonyl (C=O) groups is 3. The summed E-state index contributed by atoms with van der Waals surface area (Å²) in [5, 5.41) is 14.9. The first kappa shape index (κ1) is 33.1. The Morgan fingerprint density at radius 1 is 1.00 bits per heavy atom. The number of unbranched alkanes of at least 4 members (excludes halogenated alkanes) is 3. The molecule has 1 unspecified atom stereocenters. The minimum absolute atomic E-state index is 0.0676. The van der Waals surface area contributed by atoms with Crippen LogP contribution in [0, 0.1) is 11.8 Å². The molecule has 0 spiro atoms. The van der Waals surface area contributed by atoms with Gasteiger partial charge in [0.05, 0.1) is 12.1 Å². The molecule has 8 nitrogen and oxygen atoms in total. The number of piperidine rings is 1. The second kappa shape index (κ2) is 16.8. The molecule has 1 saturated heterocycles. The molecule has 1 aliphatic heterocycles. The third-order valence-corrected chi connectivity index (χ3v) is 7.37. The van der Waals surface area contributed by atoms with Crippen molar-refractivity contribution >= 4 is 17.7 Å². The molecule has 0 bridgehead atoms. The summed E-state index contributed by atoms with van der Waals surface area (Å²) >= 11 is 0. The molecule has 0 aromatic rings. The highest BCUT2D eigenvalue weighted by molar-refractivity contribution is 5.93. The van der Waals surface area contributed by atoms with E-state index < -0.39 is 6.04 Å². The number of rotatable bonds is 15. The quantitative estimate of drug-likeness (QED) is 0.226. The molecule has 0 aliphatic carbocycles. The first-order valence-corrected chi connectivity index (χ1v) is 14.3. The summed E-state index contributed by atoms with van der Waals surface area (Å²) in [5.74, 6) is -0.314. The highest BCUT2D eigenvalue weighted by Crippen LogP contribution is 2.21. The van der Waals surface area contributed by atoms with Crippen molar-refractivity contribution < 1.29 is 19.5 Å². The number of amides is 3. The van der Waals surface area contributed by atoms with E-state index in [0.717, 1.165) is 51.5 Å². The van der Waals surface area contributed by atoms with Crippen LogP contribution in [0.2, 0.25) is 0 Å². The first-order valence-electron chi connectivity index (χ1n) is 14.3. The number of likely N-dealkylation sites (N-methyl/N-ethyl adjacent to an activating group) is 1. The zero-order valence-electron chi connectivity index (χ0n) is 24.7. The molecule has 3 N–H and O–H groups in total. The summed E-state index contributed by atoms with van der Waals surface area (Å²) < 4.78 is 0. The van der Waals surface area contributed by atoms with E-state index in [2.05, 4.69) is 29.4 Å². The van der Waals surface area contributed by atoms with Crippen LogP contribution >= 0.6 is 0 Å². The van der Waals surface area contributed by atoms with Gasteiger partial charge in [-0.1, -0.05) is 53.0 Å². The van der Waals surface area contributed by atoms with Crippen LogP contribution in [0.4, 0.5) is 0 Å². The SMILES string of the molecule is C/C(=C\[C@H](C(C)C)N(C)C(=O)[C@@H](NC(=O)C1CCCCN1C(C)C)C(C)C)C(=O)NCCCCCCO. The van der Waals surface area contributed by atoms with E-state index >= 15 is 0 Å². The van der Waals surface area contributed by atoms with E-state index in [1.807, 2.05) is 33.8 Å². The molecule has 214 valence electrons. The molecule has 1 fully saturated rings. The van der Waals surface area contributed by atoms with E-state index in [4.69, 9.17) is 5.11 Å². The maximum Gasteiger partial charge on any atom is 0.246 e. The van der Waals surface area contributed by atoms with E-state index in [9.17, 15) is 14.4 Å².